The van der Waals surface area contributed by atoms with Crippen molar-refractivity contribution < 1.29 is 19.0 Å². The molecule has 1 amide bonds. The van der Waals surface area contributed by atoms with Crippen LogP contribution in [0.4, 0.5) is 0 Å². The van der Waals surface area contributed by atoms with Gasteiger partial charge in [0, 0.05) is 32.2 Å². The zero-order chi connectivity index (χ0) is 21.2. The number of benzene rings is 2. The molecule has 1 heterocycles. The van der Waals surface area contributed by atoms with Crippen molar-refractivity contribution in [2.24, 2.45) is 0 Å². The summed E-state index contributed by atoms with van der Waals surface area (Å²) in [6.45, 7) is 5.74. The lowest BCUT2D eigenvalue weighted by atomic mass is 10.2. The number of hydrogen-bond donors (Lipinski definition) is 1. The van der Waals surface area contributed by atoms with Crippen molar-refractivity contribution in [3.63, 3.8) is 0 Å². The highest BCUT2D eigenvalue weighted by molar-refractivity contribution is 5.77. The van der Waals surface area contributed by atoms with Gasteiger partial charge in [0.2, 0.25) is 0 Å². The molecule has 1 aliphatic heterocycles. The second-order valence-electron chi connectivity index (χ2n) is 7.01. The summed E-state index contributed by atoms with van der Waals surface area (Å²) in [4.78, 5) is 14.6. The van der Waals surface area contributed by atoms with Crippen molar-refractivity contribution in [3.05, 3.63) is 59.7 Å². The Labute approximate surface area is 177 Å². The fourth-order valence-electron chi connectivity index (χ4n) is 3.28. The summed E-state index contributed by atoms with van der Waals surface area (Å²) in [5.41, 5.74) is 1.74. The molecule has 1 aliphatic rings. The Hall–Kier alpha value is -3.08. The molecule has 1 unspecified atom stereocenters. The van der Waals surface area contributed by atoms with E-state index in [2.05, 4.69) is 28.4 Å². The number of hydrogen-bond acceptors (Lipinski definition) is 6. The lowest BCUT2D eigenvalue weighted by Gasteiger charge is -2.33. The van der Waals surface area contributed by atoms with E-state index in [0.717, 1.165) is 19.6 Å². The second kappa shape index (κ2) is 11.2. The van der Waals surface area contributed by atoms with Gasteiger partial charge in [0.15, 0.2) is 18.1 Å². The van der Waals surface area contributed by atoms with Gasteiger partial charge in [-0.1, -0.05) is 30.3 Å². The number of ether oxygens (including phenoxy) is 3. The van der Waals surface area contributed by atoms with Crippen LogP contribution < -0.4 is 14.8 Å². The van der Waals surface area contributed by atoms with Crippen LogP contribution in [0.2, 0.25) is 0 Å². The van der Waals surface area contributed by atoms with E-state index in [-0.39, 0.29) is 18.6 Å². The van der Waals surface area contributed by atoms with Gasteiger partial charge in [0.1, 0.15) is 0 Å². The molecule has 0 aliphatic carbocycles. The zero-order valence-electron chi connectivity index (χ0n) is 17.2. The van der Waals surface area contributed by atoms with E-state index in [1.165, 1.54) is 5.56 Å². The lowest BCUT2D eigenvalue weighted by Crippen LogP contribution is -2.47. The zero-order valence-corrected chi connectivity index (χ0v) is 17.2. The SMILES string of the molecule is CCOc1cc(C#N)ccc1OCC(=O)NCC1CN(Cc2ccccc2)CCO1. The molecule has 2 aromatic carbocycles. The Morgan fingerprint density at radius 2 is 2.07 bits per heavy atom. The Kier molecular flexibility index (Phi) is 8.07. The highest BCUT2D eigenvalue weighted by Crippen LogP contribution is 2.28. The second-order valence-corrected chi connectivity index (χ2v) is 7.01. The summed E-state index contributed by atoms with van der Waals surface area (Å²) in [6.07, 6.45) is -0.0553. The summed E-state index contributed by atoms with van der Waals surface area (Å²) in [5, 5.41) is 11.9. The normalized spacial score (nSPS) is 16.5. The quantitative estimate of drug-likeness (QED) is 0.685. The molecule has 1 saturated heterocycles. The average Bonchev–Trinajstić information content (AvgIpc) is 2.78. The van der Waals surface area contributed by atoms with Crippen LogP contribution in [0.5, 0.6) is 11.5 Å². The van der Waals surface area contributed by atoms with Crippen LogP contribution in [0.3, 0.4) is 0 Å². The summed E-state index contributed by atoms with van der Waals surface area (Å²) in [7, 11) is 0. The van der Waals surface area contributed by atoms with Gasteiger partial charge in [-0.3, -0.25) is 9.69 Å². The fourth-order valence-corrected chi connectivity index (χ4v) is 3.28. The number of amides is 1. The van der Waals surface area contributed by atoms with Gasteiger partial charge in [0.05, 0.1) is 31.0 Å². The van der Waals surface area contributed by atoms with Crippen LogP contribution in [0.25, 0.3) is 0 Å². The molecule has 2 aromatic rings. The number of morpholine rings is 1. The van der Waals surface area contributed by atoms with Crippen molar-refractivity contribution in [2.45, 2.75) is 19.6 Å². The maximum atomic E-state index is 12.2. The van der Waals surface area contributed by atoms with E-state index in [1.54, 1.807) is 18.2 Å². The number of nitrogens with one attached hydrogen (secondary N) is 1. The van der Waals surface area contributed by atoms with Gasteiger partial charge in [-0.05, 0) is 24.6 Å². The van der Waals surface area contributed by atoms with Crippen molar-refractivity contribution in [1.82, 2.24) is 10.2 Å². The van der Waals surface area contributed by atoms with Crippen molar-refractivity contribution in [1.29, 1.82) is 5.26 Å². The van der Waals surface area contributed by atoms with E-state index >= 15 is 0 Å². The van der Waals surface area contributed by atoms with Crippen LogP contribution >= 0.6 is 0 Å². The number of carbonyl (C=O) groups excluding carboxylic acids is 1. The molecule has 7 nitrogen and oxygen atoms in total. The number of nitriles is 1. The first-order chi connectivity index (χ1) is 14.7. The minimum atomic E-state index is -0.231. The van der Waals surface area contributed by atoms with Gasteiger partial charge in [-0.15, -0.1) is 0 Å². The molecule has 0 aromatic heterocycles. The van der Waals surface area contributed by atoms with Crippen molar-refractivity contribution >= 4 is 5.91 Å². The smallest absolute Gasteiger partial charge is 0.258 e. The fraction of sp³-hybridized carbons (Fsp3) is 0.391. The maximum Gasteiger partial charge on any atom is 0.258 e. The molecule has 30 heavy (non-hydrogen) atoms. The predicted octanol–water partition coefficient (Wildman–Crippen LogP) is 2.35. The van der Waals surface area contributed by atoms with E-state index in [0.29, 0.717) is 36.8 Å². The molecule has 0 saturated carbocycles. The monoisotopic (exact) mass is 409 g/mol. The highest BCUT2D eigenvalue weighted by atomic mass is 16.5. The summed E-state index contributed by atoms with van der Waals surface area (Å²) < 4.78 is 16.9. The highest BCUT2D eigenvalue weighted by Gasteiger charge is 2.21. The van der Waals surface area contributed by atoms with Crippen LogP contribution in [0.15, 0.2) is 48.5 Å². The minimum Gasteiger partial charge on any atom is -0.490 e. The molecule has 7 heteroatoms. The Morgan fingerprint density at radius 3 is 2.83 bits per heavy atom. The average molecular weight is 409 g/mol. The first kappa shape index (κ1) is 21.6. The molecular formula is C23H27N3O4. The minimum absolute atomic E-state index is 0.0553. The van der Waals surface area contributed by atoms with Crippen LogP contribution in [0.1, 0.15) is 18.1 Å². The number of rotatable bonds is 9. The third kappa shape index (κ3) is 6.48. The maximum absolute atomic E-state index is 12.2. The molecule has 1 atom stereocenters. The molecule has 1 N–H and O–H groups in total. The molecule has 158 valence electrons. The first-order valence-electron chi connectivity index (χ1n) is 10.1. The van der Waals surface area contributed by atoms with Gasteiger partial charge < -0.3 is 19.5 Å². The largest absolute Gasteiger partial charge is 0.490 e. The summed E-state index contributed by atoms with van der Waals surface area (Å²) >= 11 is 0. The van der Waals surface area contributed by atoms with Gasteiger partial charge in [-0.2, -0.15) is 5.26 Å². The predicted molar refractivity (Wildman–Crippen MR) is 112 cm³/mol. The van der Waals surface area contributed by atoms with Crippen LogP contribution in [0, 0.1) is 11.3 Å². The summed E-state index contributed by atoms with van der Waals surface area (Å²) in [5.74, 6) is 0.663. The van der Waals surface area contributed by atoms with Crippen molar-refractivity contribution in [2.75, 3.05) is 39.5 Å². The molecule has 1 fully saturated rings. The van der Waals surface area contributed by atoms with Crippen molar-refractivity contribution in [3.8, 4) is 17.6 Å². The van der Waals surface area contributed by atoms with Crippen LogP contribution in [-0.2, 0) is 16.1 Å². The van der Waals surface area contributed by atoms with Gasteiger partial charge >= 0.3 is 0 Å². The third-order valence-electron chi connectivity index (χ3n) is 4.73. The summed E-state index contributed by atoms with van der Waals surface area (Å²) in [6, 6.07) is 17.3. The lowest BCUT2D eigenvalue weighted by molar-refractivity contribution is -0.124. The van der Waals surface area contributed by atoms with Gasteiger partial charge in [0.25, 0.3) is 5.91 Å². The van der Waals surface area contributed by atoms with E-state index in [4.69, 9.17) is 19.5 Å². The molecule has 0 spiro atoms. The van der Waals surface area contributed by atoms with E-state index in [9.17, 15) is 4.79 Å². The Bertz CT molecular complexity index is 866. The molecule has 3 rings (SSSR count). The molecule has 0 radical (unpaired) electrons. The standard InChI is InChI=1S/C23H27N3O4/c1-2-28-22-12-19(13-24)8-9-21(22)30-17-23(27)25-14-20-16-26(10-11-29-20)15-18-6-4-3-5-7-18/h3-9,12,20H,2,10-11,14-17H2,1H3,(H,25,27). The number of nitrogens with zero attached hydrogens (tertiary/aromatic N) is 2. The topological polar surface area (TPSA) is 83.8 Å². The van der Waals surface area contributed by atoms with E-state index in [1.807, 2.05) is 25.1 Å². The van der Waals surface area contributed by atoms with Gasteiger partial charge in [-0.25, -0.2) is 0 Å². The number of carbonyl (C=O) groups is 1. The molecular weight excluding hydrogens is 382 g/mol. The van der Waals surface area contributed by atoms with E-state index < -0.39 is 0 Å². The molecule has 0 bridgehead atoms. The Balaban J connectivity index is 1.44. The first-order valence-corrected chi connectivity index (χ1v) is 10.1. The van der Waals surface area contributed by atoms with Crippen LogP contribution in [-0.4, -0.2) is 56.4 Å². The third-order valence-corrected chi connectivity index (χ3v) is 4.73. The Morgan fingerprint density at radius 1 is 1.23 bits per heavy atom.